The monoisotopic (exact) mass is 249 g/mol. The van der Waals surface area contributed by atoms with E-state index >= 15 is 0 Å². The number of aryl methyl sites for hydroxylation is 1. The van der Waals surface area contributed by atoms with E-state index in [0.29, 0.717) is 6.04 Å². The molecule has 0 amide bonds. The molecule has 4 unspecified atom stereocenters. The molecule has 0 radical (unpaired) electrons. The maximum absolute atomic E-state index is 5.85. The van der Waals surface area contributed by atoms with Crippen LogP contribution in [-0.4, -0.2) is 6.54 Å². The van der Waals surface area contributed by atoms with Gasteiger partial charge in [0, 0.05) is 0 Å². The van der Waals surface area contributed by atoms with E-state index in [2.05, 4.69) is 38.2 Å². The standard InChI is InChI=1S/C16H27NO/c1-5-17-16(15-9-7-13(4)18-15)14-8-6-11(2)12(3)10-14/h7,9,11-12,14,16-17H,5-6,8,10H2,1-4H3. The third-order valence-electron chi connectivity index (χ3n) is 4.60. The topological polar surface area (TPSA) is 25.2 Å². The molecule has 4 atom stereocenters. The minimum atomic E-state index is 0.402. The van der Waals surface area contributed by atoms with Gasteiger partial charge in [0.1, 0.15) is 11.5 Å². The Morgan fingerprint density at radius 3 is 2.61 bits per heavy atom. The Bertz CT molecular complexity index is 371. The van der Waals surface area contributed by atoms with Crippen LogP contribution in [0, 0.1) is 24.7 Å². The zero-order chi connectivity index (χ0) is 13.1. The number of furan rings is 1. The van der Waals surface area contributed by atoms with Crippen LogP contribution in [0.1, 0.15) is 57.6 Å². The highest BCUT2D eigenvalue weighted by molar-refractivity contribution is 5.11. The summed E-state index contributed by atoms with van der Waals surface area (Å²) in [5.74, 6) is 4.58. The lowest BCUT2D eigenvalue weighted by Crippen LogP contribution is -2.33. The molecule has 0 saturated heterocycles. The average molecular weight is 249 g/mol. The summed E-state index contributed by atoms with van der Waals surface area (Å²) in [5.41, 5.74) is 0. The Labute approximate surface area is 111 Å². The Kier molecular flexibility index (Phi) is 4.50. The molecule has 0 aromatic carbocycles. The van der Waals surface area contributed by atoms with E-state index in [1.54, 1.807) is 0 Å². The van der Waals surface area contributed by atoms with Gasteiger partial charge in [-0.1, -0.05) is 27.2 Å². The van der Waals surface area contributed by atoms with Crippen LogP contribution < -0.4 is 5.32 Å². The normalized spacial score (nSPS) is 30.3. The van der Waals surface area contributed by atoms with Crippen LogP contribution in [0.4, 0.5) is 0 Å². The molecule has 1 aliphatic carbocycles. The van der Waals surface area contributed by atoms with Gasteiger partial charge in [-0.15, -0.1) is 0 Å². The minimum Gasteiger partial charge on any atom is -0.465 e. The highest BCUT2D eigenvalue weighted by Gasteiger charge is 2.31. The molecule has 0 aliphatic heterocycles. The molecule has 1 fully saturated rings. The lowest BCUT2D eigenvalue weighted by Gasteiger charge is -2.36. The summed E-state index contributed by atoms with van der Waals surface area (Å²) in [6, 6.07) is 4.62. The minimum absolute atomic E-state index is 0.402. The first kappa shape index (κ1) is 13.7. The van der Waals surface area contributed by atoms with Crippen LogP contribution in [0.2, 0.25) is 0 Å². The quantitative estimate of drug-likeness (QED) is 0.860. The molecule has 102 valence electrons. The van der Waals surface area contributed by atoms with E-state index in [1.165, 1.54) is 19.3 Å². The number of hydrogen-bond acceptors (Lipinski definition) is 2. The summed E-state index contributed by atoms with van der Waals surface area (Å²) in [4.78, 5) is 0. The first-order chi connectivity index (χ1) is 8.61. The molecule has 2 heteroatoms. The van der Waals surface area contributed by atoms with Crippen LogP contribution in [-0.2, 0) is 0 Å². The molecule has 1 aliphatic rings. The molecule has 1 aromatic heterocycles. The van der Waals surface area contributed by atoms with E-state index < -0.39 is 0 Å². The second-order valence-electron chi connectivity index (χ2n) is 6.01. The molecule has 1 saturated carbocycles. The smallest absolute Gasteiger partial charge is 0.121 e. The lowest BCUT2D eigenvalue weighted by molar-refractivity contribution is 0.160. The molecule has 18 heavy (non-hydrogen) atoms. The van der Waals surface area contributed by atoms with E-state index in [0.717, 1.165) is 35.8 Å². The van der Waals surface area contributed by atoms with Crippen molar-refractivity contribution in [2.45, 2.75) is 53.0 Å². The third kappa shape index (κ3) is 2.97. The van der Waals surface area contributed by atoms with Crippen LogP contribution in [0.15, 0.2) is 16.5 Å². The van der Waals surface area contributed by atoms with Gasteiger partial charge in [-0.05, 0) is 56.2 Å². The molecular formula is C16H27NO. The van der Waals surface area contributed by atoms with Crippen LogP contribution in [0.25, 0.3) is 0 Å². The fourth-order valence-corrected chi connectivity index (χ4v) is 3.23. The van der Waals surface area contributed by atoms with Gasteiger partial charge in [0.15, 0.2) is 0 Å². The molecule has 2 rings (SSSR count). The van der Waals surface area contributed by atoms with Gasteiger partial charge in [-0.2, -0.15) is 0 Å². The van der Waals surface area contributed by atoms with Crippen molar-refractivity contribution in [2.24, 2.45) is 17.8 Å². The first-order valence-electron chi connectivity index (χ1n) is 7.41. The van der Waals surface area contributed by atoms with Crippen LogP contribution in [0.3, 0.4) is 0 Å². The van der Waals surface area contributed by atoms with Crippen molar-refractivity contribution in [1.29, 1.82) is 0 Å². The zero-order valence-corrected chi connectivity index (χ0v) is 12.2. The van der Waals surface area contributed by atoms with Crippen LogP contribution in [0.5, 0.6) is 0 Å². The van der Waals surface area contributed by atoms with Crippen molar-refractivity contribution >= 4 is 0 Å². The van der Waals surface area contributed by atoms with Gasteiger partial charge < -0.3 is 9.73 Å². The molecular weight excluding hydrogens is 222 g/mol. The van der Waals surface area contributed by atoms with Gasteiger partial charge in [0.25, 0.3) is 0 Å². The second kappa shape index (κ2) is 5.92. The summed E-state index contributed by atoms with van der Waals surface area (Å²) in [7, 11) is 0. The molecule has 1 N–H and O–H groups in total. The summed E-state index contributed by atoms with van der Waals surface area (Å²) < 4.78 is 5.85. The van der Waals surface area contributed by atoms with Gasteiger partial charge in [-0.25, -0.2) is 0 Å². The maximum atomic E-state index is 5.85. The number of hydrogen-bond donors (Lipinski definition) is 1. The Hall–Kier alpha value is -0.760. The lowest BCUT2D eigenvalue weighted by atomic mass is 9.73. The fraction of sp³-hybridized carbons (Fsp3) is 0.750. The van der Waals surface area contributed by atoms with Crippen molar-refractivity contribution in [3.8, 4) is 0 Å². The number of nitrogens with one attached hydrogen (secondary N) is 1. The maximum Gasteiger partial charge on any atom is 0.121 e. The van der Waals surface area contributed by atoms with Gasteiger partial charge in [0.05, 0.1) is 6.04 Å². The summed E-state index contributed by atoms with van der Waals surface area (Å²) in [6.07, 6.45) is 3.99. The fourth-order valence-electron chi connectivity index (χ4n) is 3.23. The SMILES string of the molecule is CCNC(c1ccc(C)o1)C1CCC(C)C(C)C1. The molecule has 1 heterocycles. The van der Waals surface area contributed by atoms with Gasteiger partial charge >= 0.3 is 0 Å². The van der Waals surface area contributed by atoms with Gasteiger partial charge in [-0.3, -0.25) is 0 Å². The summed E-state index contributed by atoms with van der Waals surface area (Å²) in [5, 5.41) is 3.62. The predicted molar refractivity (Wildman–Crippen MR) is 75.5 cm³/mol. The van der Waals surface area contributed by atoms with Crippen molar-refractivity contribution < 1.29 is 4.42 Å². The van der Waals surface area contributed by atoms with E-state index in [4.69, 9.17) is 4.42 Å². The van der Waals surface area contributed by atoms with E-state index in [9.17, 15) is 0 Å². The molecule has 0 bridgehead atoms. The molecule has 0 spiro atoms. The van der Waals surface area contributed by atoms with Crippen LogP contribution >= 0.6 is 0 Å². The predicted octanol–water partition coefficient (Wildman–Crippen LogP) is 4.31. The molecule has 1 aromatic rings. The summed E-state index contributed by atoms with van der Waals surface area (Å²) >= 11 is 0. The van der Waals surface area contributed by atoms with E-state index in [1.807, 2.05) is 6.92 Å². The zero-order valence-electron chi connectivity index (χ0n) is 12.2. The highest BCUT2D eigenvalue weighted by atomic mass is 16.3. The largest absolute Gasteiger partial charge is 0.465 e. The van der Waals surface area contributed by atoms with Crippen molar-refractivity contribution in [1.82, 2.24) is 5.32 Å². The third-order valence-corrected chi connectivity index (χ3v) is 4.60. The summed E-state index contributed by atoms with van der Waals surface area (Å²) in [6.45, 7) is 9.99. The van der Waals surface area contributed by atoms with Gasteiger partial charge in [0.2, 0.25) is 0 Å². The second-order valence-corrected chi connectivity index (χ2v) is 6.01. The number of rotatable bonds is 4. The van der Waals surface area contributed by atoms with E-state index in [-0.39, 0.29) is 0 Å². The Morgan fingerprint density at radius 2 is 2.06 bits per heavy atom. The average Bonchev–Trinajstić information content (AvgIpc) is 2.76. The van der Waals surface area contributed by atoms with Crippen molar-refractivity contribution in [3.63, 3.8) is 0 Å². The Morgan fingerprint density at radius 1 is 1.28 bits per heavy atom. The van der Waals surface area contributed by atoms with Crippen molar-refractivity contribution in [2.75, 3.05) is 6.54 Å². The Balaban J connectivity index is 2.10. The van der Waals surface area contributed by atoms with Crippen molar-refractivity contribution in [3.05, 3.63) is 23.7 Å². The first-order valence-corrected chi connectivity index (χ1v) is 7.41. The highest BCUT2D eigenvalue weighted by Crippen LogP contribution is 2.40. The molecule has 2 nitrogen and oxygen atoms in total.